The Labute approximate surface area is 102 Å². The number of carbonyl (C=O) groups excluding carboxylic acids is 1. The van der Waals surface area contributed by atoms with Crippen molar-refractivity contribution in [3.63, 3.8) is 0 Å². The van der Waals surface area contributed by atoms with Crippen LogP contribution < -0.4 is 5.32 Å². The van der Waals surface area contributed by atoms with Crippen molar-refractivity contribution in [2.75, 3.05) is 13.1 Å². The third-order valence-corrected chi connectivity index (χ3v) is 3.13. The van der Waals surface area contributed by atoms with Gasteiger partial charge in [-0.15, -0.1) is 0 Å². The molecule has 0 saturated heterocycles. The molecule has 0 aromatic rings. The molecule has 17 heavy (non-hydrogen) atoms. The molecule has 0 radical (unpaired) electrons. The lowest BCUT2D eigenvalue weighted by atomic mass is 10.1. The first-order valence-electron chi connectivity index (χ1n) is 6.30. The number of hydrogen-bond donors (Lipinski definition) is 2. The molecule has 2 atom stereocenters. The van der Waals surface area contributed by atoms with E-state index in [1.165, 1.54) is 4.90 Å². The van der Waals surface area contributed by atoms with Gasteiger partial charge in [-0.05, 0) is 31.6 Å². The summed E-state index contributed by atoms with van der Waals surface area (Å²) >= 11 is 0. The van der Waals surface area contributed by atoms with Gasteiger partial charge < -0.3 is 15.3 Å². The van der Waals surface area contributed by atoms with Crippen molar-refractivity contribution < 1.29 is 14.7 Å². The molecule has 2 unspecified atom stereocenters. The number of amides is 2. The van der Waals surface area contributed by atoms with Crippen LogP contribution >= 0.6 is 0 Å². The summed E-state index contributed by atoms with van der Waals surface area (Å²) in [5.41, 5.74) is 0. The summed E-state index contributed by atoms with van der Waals surface area (Å²) < 4.78 is 0. The minimum absolute atomic E-state index is 0.214. The molecule has 5 heteroatoms. The first kappa shape index (κ1) is 13.8. The maximum atomic E-state index is 11.9. The van der Waals surface area contributed by atoms with Crippen LogP contribution in [0.3, 0.4) is 0 Å². The summed E-state index contributed by atoms with van der Waals surface area (Å²) in [6, 6.07) is -0.0287. The van der Waals surface area contributed by atoms with Crippen LogP contribution in [-0.2, 0) is 4.79 Å². The second-order valence-corrected chi connectivity index (χ2v) is 4.88. The van der Waals surface area contributed by atoms with E-state index < -0.39 is 5.97 Å². The van der Waals surface area contributed by atoms with E-state index in [1.54, 1.807) is 0 Å². The maximum Gasteiger partial charge on any atom is 0.323 e. The van der Waals surface area contributed by atoms with Crippen molar-refractivity contribution >= 4 is 12.0 Å². The highest BCUT2D eigenvalue weighted by molar-refractivity contribution is 5.80. The monoisotopic (exact) mass is 242 g/mol. The zero-order valence-electron chi connectivity index (χ0n) is 10.6. The second-order valence-electron chi connectivity index (χ2n) is 4.88. The van der Waals surface area contributed by atoms with Gasteiger partial charge in [0.2, 0.25) is 0 Å². The first-order valence-corrected chi connectivity index (χ1v) is 6.30. The fourth-order valence-electron chi connectivity index (χ4n) is 2.29. The van der Waals surface area contributed by atoms with E-state index in [2.05, 4.69) is 12.2 Å². The fourth-order valence-corrected chi connectivity index (χ4v) is 2.29. The van der Waals surface area contributed by atoms with Crippen molar-refractivity contribution in [2.45, 2.75) is 45.6 Å². The molecule has 2 N–H and O–H groups in total. The van der Waals surface area contributed by atoms with Crippen LogP contribution in [0.15, 0.2) is 0 Å². The third kappa shape index (κ3) is 4.63. The normalized spacial score (nSPS) is 23.4. The van der Waals surface area contributed by atoms with Gasteiger partial charge in [0.1, 0.15) is 6.54 Å². The average Bonchev–Trinajstić information content (AvgIpc) is 2.62. The smallest absolute Gasteiger partial charge is 0.323 e. The molecule has 2 amide bonds. The van der Waals surface area contributed by atoms with Gasteiger partial charge in [-0.1, -0.05) is 13.8 Å². The number of hydrogen-bond acceptors (Lipinski definition) is 2. The zero-order chi connectivity index (χ0) is 12.8. The number of nitrogens with zero attached hydrogens (tertiary/aromatic N) is 1. The van der Waals surface area contributed by atoms with E-state index in [0.29, 0.717) is 12.5 Å². The quantitative estimate of drug-likeness (QED) is 0.770. The van der Waals surface area contributed by atoms with Gasteiger partial charge in [0.15, 0.2) is 0 Å². The lowest BCUT2D eigenvalue weighted by Gasteiger charge is -2.23. The largest absolute Gasteiger partial charge is 0.480 e. The molecule has 0 aromatic carbocycles. The topological polar surface area (TPSA) is 69.6 Å². The molecule has 1 aliphatic carbocycles. The summed E-state index contributed by atoms with van der Waals surface area (Å²) in [6.45, 7) is 4.37. The van der Waals surface area contributed by atoms with E-state index in [-0.39, 0.29) is 18.6 Å². The number of urea groups is 1. The van der Waals surface area contributed by atoms with Crippen molar-refractivity contribution in [3.8, 4) is 0 Å². The Kier molecular flexibility index (Phi) is 5.25. The number of carboxylic acids is 1. The van der Waals surface area contributed by atoms with Gasteiger partial charge in [-0.2, -0.15) is 0 Å². The molecule has 98 valence electrons. The van der Waals surface area contributed by atoms with E-state index in [4.69, 9.17) is 5.11 Å². The van der Waals surface area contributed by atoms with Crippen molar-refractivity contribution in [1.82, 2.24) is 10.2 Å². The molecular formula is C12H22N2O3. The number of carbonyl (C=O) groups is 2. The minimum Gasteiger partial charge on any atom is -0.480 e. The van der Waals surface area contributed by atoms with E-state index in [9.17, 15) is 9.59 Å². The van der Waals surface area contributed by atoms with Gasteiger partial charge >= 0.3 is 12.0 Å². The average molecular weight is 242 g/mol. The zero-order valence-corrected chi connectivity index (χ0v) is 10.6. The molecule has 0 spiro atoms. The lowest BCUT2D eigenvalue weighted by molar-refractivity contribution is -0.137. The third-order valence-electron chi connectivity index (χ3n) is 3.13. The highest BCUT2D eigenvalue weighted by Crippen LogP contribution is 2.24. The number of nitrogens with one attached hydrogen (secondary N) is 1. The Balaban J connectivity index is 2.44. The number of carboxylic acid groups (broad SMARTS) is 1. The van der Waals surface area contributed by atoms with Crippen LogP contribution in [0.25, 0.3) is 0 Å². The van der Waals surface area contributed by atoms with Gasteiger partial charge in [-0.25, -0.2) is 4.79 Å². The predicted molar refractivity (Wildman–Crippen MR) is 64.8 cm³/mol. The molecule has 0 aromatic heterocycles. The molecule has 1 aliphatic rings. The Morgan fingerprint density at radius 3 is 2.59 bits per heavy atom. The van der Waals surface area contributed by atoms with E-state index in [0.717, 1.165) is 25.7 Å². The summed E-state index contributed by atoms with van der Waals surface area (Å²) in [5, 5.41) is 11.7. The molecule has 1 saturated carbocycles. The van der Waals surface area contributed by atoms with Crippen LogP contribution in [0.4, 0.5) is 4.79 Å². The maximum absolute atomic E-state index is 11.9. The molecule has 0 bridgehead atoms. The van der Waals surface area contributed by atoms with Crippen LogP contribution in [0.1, 0.15) is 39.5 Å². The van der Waals surface area contributed by atoms with Crippen LogP contribution in [0.5, 0.6) is 0 Å². The highest BCUT2D eigenvalue weighted by Gasteiger charge is 2.25. The summed E-state index contributed by atoms with van der Waals surface area (Å²) in [6.07, 6.45) is 3.90. The molecular weight excluding hydrogens is 220 g/mol. The minimum atomic E-state index is -0.964. The highest BCUT2D eigenvalue weighted by atomic mass is 16.4. The fraction of sp³-hybridized carbons (Fsp3) is 0.833. The standard InChI is InChI=1S/C12H22N2O3/c1-3-6-14(8-11(15)16)12(17)13-10-5-4-9(2)7-10/h9-10H,3-8H2,1-2H3,(H,13,17)(H,15,16). The number of rotatable bonds is 5. The molecule has 1 fully saturated rings. The first-order chi connectivity index (χ1) is 8.02. The summed E-state index contributed by atoms with van der Waals surface area (Å²) in [7, 11) is 0. The Hall–Kier alpha value is -1.26. The van der Waals surface area contributed by atoms with Crippen molar-refractivity contribution in [2.24, 2.45) is 5.92 Å². The Morgan fingerprint density at radius 2 is 2.12 bits per heavy atom. The van der Waals surface area contributed by atoms with E-state index >= 15 is 0 Å². The van der Waals surface area contributed by atoms with Crippen LogP contribution in [-0.4, -0.2) is 41.1 Å². The van der Waals surface area contributed by atoms with E-state index in [1.807, 2.05) is 6.92 Å². The second kappa shape index (κ2) is 6.47. The molecule has 0 aliphatic heterocycles. The lowest BCUT2D eigenvalue weighted by Crippen LogP contribution is -2.46. The summed E-state index contributed by atoms with van der Waals surface area (Å²) in [5.74, 6) is -0.312. The Morgan fingerprint density at radius 1 is 1.41 bits per heavy atom. The molecule has 5 nitrogen and oxygen atoms in total. The van der Waals surface area contributed by atoms with Crippen LogP contribution in [0.2, 0.25) is 0 Å². The molecule has 1 rings (SSSR count). The van der Waals surface area contributed by atoms with Gasteiger partial charge in [0.05, 0.1) is 0 Å². The van der Waals surface area contributed by atoms with Crippen LogP contribution in [0, 0.1) is 5.92 Å². The Bertz CT molecular complexity index is 281. The van der Waals surface area contributed by atoms with Gasteiger partial charge in [0.25, 0.3) is 0 Å². The predicted octanol–water partition coefficient (Wildman–Crippen LogP) is 1.68. The van der Waals surface area contributed by atoms with Gasteiger partial charge in [-0.3, -0.25) is 4.79 Å². The number of aliphatic carboxylic acids is 1. The molecule has 0 heterocycles. The van der Waals surface area contributed by atoms with Gasteiger partial charge in [0, 0.05) is 12.6 Å². The van der Waals surface area contributed by atoms with Crippen molar-refractivity contribution in [3.05, 3.63) is 0 Å². The van der Waals surface area contributed by atoms with Crippen molar-refractivity contribution in [1.29, 1.82) is 0 Å². The summed E-state index contributed by atoms with van der Waals surface area (Å²) in [4.78, 5) is 23.9. The SMILES string of the molecule is CCCN(CC(=O)O)C(=O)NC1CCC(C)C1.